The molecular formula is C20H28O4S. The van der Waals surface area contributed by atoms with Gasteiger partial charge in [0.1, 0.15) is 12.1 Å². The van der Waals surface area contributed by atoms with Crippen LogP contribution < -0.4 is 0 Å². The lowest BCUT2D eigenvalue weighted by molar-refractivity contribution is -0.117. The average Bonchev–Trinajstić information content (AvgIpc) is 2.59. The van der Waals surface area contributed by atoms with Gasteiger partial charge >= 0.3 is 0 Å². The first-order valence-electron chi connectivity index (χ1n) is 9.10. The van der Waals surface area contributed by atoms with Gasteiger partial charge in [0, 0.05) is 12.3 Å². The summed E-state index contributed by atoms with van der Waals surface area (Å²) in [5.74, 6) is -0.443. The molecule has 0 spiro atoms. The van der Waals surface area contributed by atoms with E-state index in [4.69, 9.17) is 0 Å². The summed E-state index contributed by atoms with van der Waals surface area (Å²) in [5.41, 5.74) is 0.969. The minimum absolute atomic E-state index is 0.105. The Morgan fingerprint density at radius 1 is 1.16 bits per heavy atom. The molecule has 0 heterocycles. The van der Waals surface area contributed by atoms with Crippen molar-refractivity contribution in [1.82, 2.24) is 0 Å². The van der Waals surface area contributed by atoms with Crippen molar-refractivity contribution in [1.29, 1.82) is 0 Å². The van der Waals surface area contributed by atoms with Gasteiger partial charge < -0.3 is 4.79 Å². The fraction of sp³-hybridized carbons (Fsp3) is 0.600. The first-order valence-corrected chi connectivity index (χ1v) is 10.6. The summed E-state index contributed by atoms with van der Waals surface area (Å²) in [6, 6.07) is 6.63. The maximum atomic E-state index is 13.1. The molecule has 0 amide bonds. The van der Waals surface area contributed by atoms with Gasteiger partial charge in [-0.1, -0.05) is 49.8 Å². The number of hydrogen-bond donors (Lipinski definition) is 0. The molecule has 0 aliphatic heterocycles. The monoisotopic (exact) mass is 364 g/mol. The number of Topliss-reactive ketones (excluding diaryl/α,β-unsaturated/α-hetero) is 1. The molecule has 1 aliphatic carbocycles. The Hall–Kier alpha value is -1.49. The van der Waals surface area contributed by atoms with E-state index in [1.807, 2.05) is 6.92 Å². The Bertz CT molecular complexity index is 685. The number of aldehydes is 1. The second-order valence-corrected chi connectivity index (χ2v) is 9.51. The summed E-state index contributed by atoms with van der Waals surface area (Å²) in [6.45, 7) is 3.28. The molecule has 0 bridgehead atoms. The Morgan fingerprint density at radius 3 is 2.28 bits per heavy atom. The standard InChI is InChI=1S/C20H28O4S/c1-15-8-10-19(11-9-15)25(23,24)20(12-16(2)22)18(14-21)13-17-6-4-3-5-7-17/h8-11,14,17-18,20H,3-7,12-13H2,1-2H3/t18-,20-/m0/s1. The van der Waals surface area contributed by atoms with Gasteiger partial charge in [-0.05, 0) is 38.3 Å². The molecule has 0 N–H and O–H groups in total. The van der Waals surface area contributed by atoms with Crippen LogP contribution in [0.4, 0.5) is 0 Å². The van der Waals surface area contributed by atoms with Gasteiger partial charge in [0.05, 0.1) is 10.1 Å². The molecule has 0 radical (unpaired) electrons. The molecule has 1 aliphatic rings. The quantitative estimate of drug-likeness (QED) is 0.656. The number of carbonyl (C=O) groups is 2. The third-order valence-corrected chi connectivity index (χ3v) is 7.46. The van der Waals surface area contributed by atoms with Gasteiger partial charge in [0.15, 0.2) is 9.84 Å². The summed E-state index contributed by atoms with van der Waals surface area (Å²) in [4.78, 5) is 23.7. The summed E-state index contributed by atoms with van der Waals surface area (Å²) in [6.07, 6.45) is 6.79. The maximum Gasteiger partial charge on any atom is 0.182 e. The fourth-order valence-corrected chi connectivity index (χ4v) is 5.73. The molecule has 138 valence electrons. The van der Waals surface area contributed by atoms with E-state index in [2.05, 4.69) is 0 Å². The number of rotatable bonds is 8. The van der Waals surface area contributed by atoms with Crippen molar-refractivity contribution in [2.24, 2.45) is 11.8 Å². The SMILES string of the molecule is CC(=O)C[C@@H]([C@H](C=O)CC1CCCCC1)S(=O)(=O)c1ccc(C)cc1. The van der Waals surface area contributed by atoms with E-state index in [1.54, 1.807) is 24.3 Å². The molecule has 1 aromatic rings. The third kappa shape index (κ3) is 5.24. The molecule has 5 heteroatoms. The van der Waals surface area contributed by atoms with Crippen LogP contribution in [0.5, 0.6) is 0 Å². The summed E-state index contributed by atoms with van der Waals surface area (Å²) in [7, 11) is -3.73. The van der Waals surface area contributed by atoms with E-state index >= 15 is 0 Å². The van der Waals surface area contributed by atoms with Gasteiger partial charge in [0.2, 0.25) is 0 Å². The molecule has 0 aromatic heterocycles. The second-order valence-electron chi connectivity index (χ2n) is 7.34. The van der Waals surface area contributed by atoms with E-state index in [-0.39, 0.29) is 17.1 Å². The van der Waals surface area contributed by atoms with Crippen LogP contribution in [0.2, 0.25) is 0 Å². The van der Waals surface area contributed by atoms with Gasteiger partial charge in [-0.3, -0.25) is 4.79 Å². The molecule has 2 atom stereocenters. The molecule has 25 heavy (non-hydrogen) atoms. The zero-order valence-corrected chi connectivity index (χ0v) is 15.9. The number of aryl methyl sites for hydroxylation is 1. The van der Waals surface area contributed by atoms with Crippen molar-refractivity contribution in [3.8, 4) is 0 Å². The lowest BCUT2D eigenvalue weighted by Gasteiger charge is -2.28. The van der Waals surface area contributed by atoms with Crippen molar-refractivity contribution in [2.75, 3.05) is 0 Å². The molecule has 0 saturated heterocycles. The lowest BCUT2D eigenvalue weighted by Crippen LogP contribution is -2.34. The zero-order valence-electron chi connectivity index (χ0n) is 15.1. The van der Waals surface area contributed by atoms with E-state index in [0.717, 1.165) is 37.5 Å². The van der Waals surface area contributed by atoms with Crippen LogP contribution in [0.1, 0.15) is 57.4 Å². The topological polar surface area (TPSA) is 68.3 Å². The number of carbonyl (C=O) groups excluding carboxylic acids is 2. The third-order valence-electron chi connectivity index (χ3n) is 5.22. The van der Waals surface area contributed by atoms with Crippen molar-refractivity contribution in [3.63, 3.8) is 0 Å². The van der Waals surface area contributed by atoms with Crippen LogP contribution in [0.25, 0.3) is 0 Å². The van der Waals surface area contributed by atoms with Crippen LogP contribution in [0.3, 0.4) is 0 Å². The van der Waals surface area contributed by atoms with Crippen LogP contribution in [0, 0.1) is 18.8 Å². The van der Waals surface area contributed by atoms with Gasteiger partial charge in [0.25, 0.3) is 0 Å². The van der Waals surface area contributed by atoms with Crippen LogP contribution in [-0.4, -0.2) is 25.7 Å². The Balaban J connectivity index is 2.30. The maximum absolute atomic E-state index is 13.1. The van der Waals surface area contributed by atoms with Crippen molar-refractivity contribution >= 4 is 21.9 Å². The van der Waals surface area contributed by atoms with Crippen LogP contribution in [0.15, 0.2) is 29.2 Å². The predicted octanol–water partition coefficient (Wildman–Crippen LogP) is 3.90. The largest absolute Gasteiger partial charge is 0.303 e. The number of sulfone groups is 1. The molecule has 1 fully saturated rings. The van der Waals surface area contributed by atoms with E-state index in [1.165, 1.54) is 13.3 Å². The molecule has 0 unspecified atom stereocenters. The Labute approximate surface area is 150 Å². The fourth-order valence-electron chi connectivity index (χ4n) is 3.78. The van der Waals surface area contributed by atoms with Crippen molar-refractivity contribution in [3.05, 3.63) is 29.8 Å². The lowest BCUT2D eigenvalue weighted by atomic mass is 9.81. The molecule has 4 nitrogen and oxygen atoms in total. The normalized spacial score (nSPS) is 18.5. The first kappa shape index (κ1) is 19.8. The minimum Gasteiger partial charge on any atom is -0.303 e. The highest BCUT2D eigenvalue weighted by molar-refractivity contribution is 7.92. The van der Waals surface area contributed by atoms with Crippen molar-refractivity contribution < 1.29 is 18.0 Å². The summed E-state index contributed by atoms with van der Waals surface area (Å²) >= 11 is 0. The second kappa shape index (κ2) is 8.75. The van der Waals surface area contributed by atoms with Gasteiger partial charge in [-0.2, -0.15) is 0 Å². The van der Waals surface area contributed by atoms with E-state index in [9.17, 15) is 18.0 Å². The smallest absolute Gasteiger partial charge is 0.182 e. The highest BCUT2D eigenvalue weighted by Gasteiger charge is 2.36. The minimum atomic E-state index is -3.73. The van der Waals surface area contributed by atoms with Crippen LogP contribution >= 0.6 is 0 Å². The first-order chi connectivity index (χ1) is 11.8. The highest BCUT2D eigenvalue weighted by Crippen LogP contribution is 2.33. The Morgan fingerprint density at radius 2 is 1.76 bits per heavy atom. The number of hydrogen-bond acceptors (Lipinski definition) is 4. The van der Waals surface area contributed by atoms with E-state index in [0.29, 0.717) is 12.3 Å². The molecule has 1 saturated carbocycles. The highest BCUT2D eigenvalue weighted by atomic mass is 32.2. The van der Waals surface area contributed by atoms with Crippen molar-refractivity contribution in [2.45, 2.75) is 68.9 Å². The molecule has 1 aromatic carbocycles. The van der Waals surface area contributed by atoms with Crippen LogP contribution in [-0.2, 0) is 19.4 Å². The summed E-state index contributed by atoms with van der Waals surface area (Å²) in [5, 5.41) is -0.966. The summed E-state index contributed by atoms with van der Waals surface area (Å²) < 4.78 is 26.2. The molecule has 2 rings (SSSR count). The number of benzene rings is 1. The number of ketones is 1. The Kier molecular flexibility index (Phi) is 6.94. The van der Waals surface area contributed by atoms with Gasteiger partial charge in [-0.15, -0.1) is 0 Å². The van der Waals surface area contributed by atoms with E-state index < -0.39 is 21.0 Å². The average molecular weight is 365 g/mol. The predicted molar refractivity (Wildman–Crippen MR) is 98.2 cm³/mol. The zero-order chi connectivity index (χ0) is 18.4. The molecular weight excluding hydrogens is 336 g/mol. The van der Waals surface area contributed by atoms with Gasteiger partial charge in [-0.25, -0.2) is 8.42 Å².